The SMILES string of the molecule is COCCCNCC(=O)Nc1ccccc1OCCOc1ccccc1. The van der Waals surface area contributed by atoms with Crippen molar-refractivity contribution in [3.8, 4) is 11.5 Å². The highest BCUT2D eigenvalue weighted by Gasteiger charge is 2.07. The van der Waals surface area contributed by atoms with Crippen LogP contribution in [0.4, 0.5) is 5.69 Å². The highest BCUT2D eigenvalue weighted by molar-refractivity contribution is 5.93. The van der Waals surface area contributed by atoms with E-state index in [1.54, 1.807) is 7.11 Å². The van der Waals surface area contributed by atoms with Gasteiger partial charge in [-0.2, -0.15) is 0 Å². The summed E-state index contributed by atoms with van der Waals surface area (Å²) in [6.07, 6.45) is 0.866. The Labute approximate surface area is 154 Å². The van der Waals surface area contributed by atoms with Gasteiger partial charge in [0.1, 0.15) is 24.7 Å². The molecule has 0 aliphatic carbocycles. The molecule has 0 atom stereocenters. The van der Waals surface area contributed by atoms with Crippen molar-refractivity contribution in [2.75, 3.05) is 45.3 Å². The Morgan fingerprint density at radius 3 is 2.46 bits per heavy atom. The third-order valence-electron chi connectivity index (χ3n) is 3.50. The summed E-state index contributed by atoms with van der Waals surface area (Å²) < 4.78 is 16.3. The van der Waals surface area contributed by atoms with E-state index in [0.29, 0.717) is 31.3 Å². The average molecular weight is 358 g/mol. The van der Waals surface area contributed by atoms with Crippen molar-refractivity contribution in [3.05, 3.63) is 54.6 Å². The number of para-hydroxylation sites is 3. The largest absolute Gasteiger partial charge is 0.490 e. The highest BCUT2D eigenvalue weighted by Crippen LogP contribution is 2.23. The zero-order valence-electron chi connectivity index (χ0n) is 15.1. The second-order valence-electron chi connectivity index (χ2n) is 5.58. The van der Waals surface area contributed by atoms with Gasteiger partial charge in [-0.1, -0.05) is 30.3 Å². The van der Waals surface area contributed by atoms with E-state index in [9.17, 15) is 4.79 Å². The van der Waals surface area contributed by atoms with Crippen LogP contribution in [0.1, 0.15) is 6.42 Å². The number of carbonyl (C=O) groups is 1. The van der Waals surface area contributed by atoms with Crippen molar-refractivity contribution in [3.63, 3.8) is 0 Å². The molecule has 0 aliphatic heterocycles. The van der Waals surface area contributed by atoms with E-state index < -0.39 is 0 Å². The topological polar surface area (TPSA) is 68.8 Å². The van der Waals surface area contributed by atoms with E-state index in [4.69, 9.17) is 14.2 Å². The molecule has 0 spiro atoms. The van der Waals surface area contributed by atoms with Crippen LogP contribution in [0, 0.1) is 0 Å². The molecule has 0 radical (unpaired) electrons. The van der Waals surface area contributed by atoms with Crippen molar-refractivity contribution in [1.82, 2.24) is 5.32 Å². The quantitative estimate of drug-likeness (QED) is 0.571. The molecule has 0 aromatic heterocycles. The van der Waals surface area contributed by atoms with E-state index in [-0.39, 0.29) is 12.5 Å². The Balaban J connectivity index is 1.73. The van der Waals surface area contributed by atoms with Crippen LogP contribution in [-0.4, -0.2) is 45.9 Å². The van der Waals surface area contributed by atoms with E-state index in [1.165, 1.54) is 0 Å². The molecule has 6 nitrogen and oxygen atoms in total. The van der Waals surface area contributed by atoms with E-state index in [0.717, 1.165) is 18.7 Å². The molecule has 0 bridgehead atoms. The monoisotopic (exact) mass is 358 g/mol. The minimum Gasteiger partial charge on any atom is -0.490 e. The van der Waals surface area contributed by atoms with Gasteiger partial charge in [-0.25, -0.2) is 0 Å². The number of carbonyl (C=O) groups excluding carboxylic acids is 1. The zero-order chi connectivity index (χ0) is 18.5. The minimum absolute atomic E-state index is 0.112. The molecular formula is C20H26N2O4. The van der Waals surface area contributed by atoms with Gasteiger partial charge in [-0.3, -0.25) is 4.79 Å². The van der Waals surface area contributed by atoms with Gasteiger partial charge in [-0.15, -0.1) is 0 Å². The summed E-state index contributed by atoms with van der Waals surface area (Å²) in [7, 11) is 1.66. The predicted octanol–water partition coefficient (Wildman–Crippen LogP) is 2.71. The molecule has 2 rings (SSSR count). The lowest BCUT2D eigenvalue weighted by Gasteiger charge is -2.13. The van der Waals surface area contributed by atoms with E-state index >= 15 is 0 Å². The Hall–Kier alpha value is -2.57. The lowest BCUT2D eigenvalue weighted by Crippen LogP contribution is -2.29. The minimum atomic E-state index is -0.112. The fraction of sp³-hybridized carbons (Fsp3) is 0.350. The fourth-order valence-electron chi connectivity index (χ4n) is 2.26. The summed E-state index contributed by atoms with van der Waals surface area (Å²) in [4.78, 5) is 12.0. The maximum absolute atomic E-state index is 12.0. The zero-order valence-corrected chi connectivity index (χ0v) is 15.1. The lowest BCUT2D eigenvalue weighted by atomic mass is 10.3. The number of nitrogens with one attached hydrogen (secondary N) is 2. The van der Waals surface area contributed by atoms with Crippen LogP contribution in [0.5, 0.6) is 11.5 Å². The molecule has 0 unspecified atom stereocenters. The smallest absolute Gasteiger partial charge is 0.238 e. The van der Waals surface area contributed by atoms with Crippen LogP contribution >= 0.6 is 0 Å². The number of methoxy groups -OCH3 is 1. The number of ether oxygens (including phenoxy) is 3. The van der Waals surface area contributed by atoms with Crippen molar-refractivity contribution in [2.24, 2.45) is 0 Å². The van der Waals surface area contributed by atoms with Crippen LogP contribution in [0.2, 0.25) is 0 Å². The third-order valence-corrected chi connectivity index (χ3v) is 3.50. The molecule has 0 heterocycles. The summed E-state index contributed by atoms with van der Waals surface area (Å²) in [6, 6.07) is 16.9. The second kappa shape index (κ2) is 11.9. The molecule has 2 N–H and O–H groups in total. The Morgan fingerprint density at radius 1 is 0.923 bits per heavy atom. The van der Waals surface area contributed by atoms with E-state index in [2.05, 4.69) is 10.6 Å². The molecule has 0 fully saturated rings. The van der Waals surface area contributed by atoms with Gasteiger partial charge in [0, 0.05) is 13.7 Å². The molecule has 140 valence electrons. The van der Waals surface area contributed by atoms with Gasteiger partial charge < -0.3 is 24.8 Å². The van der Waals surface area contributed by atoms with Crippen LogP contribution in [0.25, 0.3) is 0 Å². The summed E-state index contributed by atoms with van der Waals surface area (Å²) in [5, 5.41) is 5.94. The van der Waals surface area contributed by atoms with Crippen molar-refractivity contribution in [1.29, 1.82) is 0 Å². The molecule has 2 aromatic carbocycles. The first kappa shape index (κ1) is 19.8. The number of rotatable bonds is 12. The van der Waals surface area contributed by atoms with Crippen LogP contribution in [0.15, 0.2) is 54.6 Å². The summed E-state index contributed by atoms with van der Waals surface area (Å²) in [6.45, 7) is 2.46. The van der Waals surface area contributed by atoms with Gasteiger partial charge in [0.2, 0.25) is 5.91 Å². The third kappa shape index (κ3) is 7.55. The van der Waals surface area contributed by atoms with Gasteiger partial charge in [0.25, 0.3) is 0 Å². The number of amides is 1. The molecular weight excluding hydrogens is 332 g/mol. The first-order valence-electron chi connectivity index (χ1n) is 8.69. The molecule has 0 saturated heterocycles. The first-order valence-corrected chi connectivity index (χ1v) is 8.69. The summed E-state index contributed by atoms with van der Waals surface area (Å²) in [5.74, 6) is 1.31. The van der Waals surface area contributed by atoms with E-state index in [1.807, 2.05) is 54.6 Å². The normalized spacial score (nSPS) is 10.3. The van der Waals surface area contributed by atoms with Crippen LogP contribution in [-0.2, 0) is 9.53 Å². The maximum atomic E-state index is 12.0. The van der Waals surface area contributed by atoms with Crippen LogP contribution in [0.3, 0.4) is 0 Å². The molecule has 0 aliphatic rings. The molecule has 1 amide bonds. The summed E-state index contributed by atoms with van der Waals surface area (Å²) in [5.41, 5.74) is 0.649. The summed E-state index contributed by atoms with van der Waals surface area (Å²) >= 11 is 0. The molecule has 2 aromatic rings. The van der Waals surface area contributed by atoms with Crippen molar-refractivity contribution >= 4 is 11.6 Å². The van der Waals surface area contributed by atoms with Gasteiger partial charge in [-0.05, 0) is 37.2 Å². The standard InChI is InChI=1S/C20H26N2O4/c1-24-13-7-12-21-16-20(23)22-18-10-5-6-11-19(18)26-15-14-25-17-8-3-2-4-9-17/h2-6,8-11,21H,7,12-16H2,1H3,(H,22,23). The Bertz CT molecular complexity index is 649. The average Bonchev–Trinajstić information content (AvgIpc) is 2.67. The number of hydrogen-bond donors (Lipinski definition) is 2. The van der Waals surface area contributed by atoms with Crippen molar-refractivity contribution < 1.29 is 19.0 Å². The first-order chi connectivity index (χ1) is 12.8. The predicted molar refractivity (Wildman–Crippen MR) is 102 cm³/mol. The molecule has 0 saturated carbocycles. The number of hydrogen-bond acceptors (Lipinski definition) is 5. The Morgan fingerprint density at radius 2 is 1.65 bits per heavy atom. The second-order valence-corrected chi connectivity index (χ2v) is 5.58. The Kier molecular flexibility index (Phi) is 9.03. The highest BCUT2D eigenvalue weighted by atomic mass is 16.5. The maximum Gasteiger partial charge on any atom is 0.238 e. The van der Waals surface area contributed by atoms with Crippen molar-refractivity contribution in [2.45, 2.75) is 6.42 Å². The fourth-order valence-corrected chi connectivity index (χ4v) is 2.26. The molecule has 26 heavy (non-hydrogen) atoms. The van der Waals surface area contributed by atoms with Gasteiger partial charge in [0.05, 0.1) is 12.2 Å². The molecule has 6 heteroatoms. The number of benzene rings is 2. The number of anilines is 1. The van der Waals surface area contributed by atoms with Gasteiger partial charge >= 0.3 is 0 Å². The lowest BCUT2D eigenvalue weighted by molar-refractivity contribution is -0.115. The van der Waals surface area contributed by atoms with Gasteiger partial charge in [0.15, 0.2) is 0 Å². The van der Waals surface area contributed by atoms with Crippen LogP contribution < -0.4 is 20.1 Å².